The van der Waals surface area contributed by atoms with Gasteiger partial charge in [-0.15, -0.1) is 0 Å². The first-order valence-corrected chi connectivity index (χ1v) is 8.93. The number of nitrogens with one attached hydrogen (secondary N) is 1. The largest absolute Gasteiger partial charge is 0.481 e. The Morgan fingerprint density at radius 3 is 2.12 bits per heavy atom. The number of hydrogen-bond acceptors (Lipinski definition) is 2. The molecule has 4 nitrogen and oxygen atoms in total. The fourth-order valence-corrected chi connectivity index (χ4v) is 3.35. The van der Waals surface area contributed by atoms with Gasteiger partial charge >= 0.3 is 5.97 Å². The van der Waals surface area contributed by atoms with Crippen LogP contribution >= 0.6 is 0 Å². The molecule has 0 radical (unpaired) electrons. The molecule has 1 aromatic carbocycles. The number of amides is 1. The summed E-state index contributed by atoms with van der Waals surface area (Å²) in [7, 11) is 0. The molecule has 0 aromatic heterocycles. The summed E-state index contributed by atoms with van der Waals surface area (Å²) >= 11 is 0. The molecule has 1 aliphatic rings. The van der Waals surface area contributed by atoms with Gasteiger partial charge in [-0.25, -0.2) is 0 Å². The fraction of sp³-hybridized carbons (Fsp3) is 0.600. The molecule has 0 heterocycles. The third kappa shape index (κ3) is 4.59. The predicted molar refractivity (Wildman–Crippen MR) is 94.9 cm³/mol. The second-order valence-electron chi connectivity index (χ2n) is 7.54. The van der Waals surface area contributed by atoms with E-state index < -0.39 is 5.97 Å². The minimum absolute atomic E-state index is 0.0427. The molecular weight excluding hydrogens is 302 g/mol. The van der Waals surface area contributed by atoms with E-state index in [4.69, 9.17) is 5.11 Å². The van der Waals surface area contributed by atoms with Crippen LogP contribution in [-0.4, -0.2) is 23.5 Å². The molecule has 1 aliphatic carbocycles. The smallest absolute Gasteiger partial charge is 0.306 e. The lowest BCUT2D eigenvalue weighted by molar-refractivity contribution is -0.144. The summed E-state index contributed by atoms with van der Waals surface area (Å²) in [6, 6.07) is 8.57. The van der Waals surface area contributed by atoms with Crippen LogP contribution in [0.2, 0.25) is 0 Å². The normalized spacial score (nSPS) is 21.3. The summed E-state index contributed by atoms with van der Waals surface area (Å²) in [5.74, 6) is -0.982. The summed E-state index contributed by atoms with van der Waals surface area (Å²) in [5.41, 5.74) is 2.41. The summed E-state index contributed by atoms with van der Waals surface area (Å²) in [4.78, 5) is 23.4. The molecular formula is C20H29NO3. The predicted octanol–water partition coefficient (Wildman–Crippen LogP) is 3.53. The number of carboxylic acid groups (broad SMARTS) is 1. The standard InChI is InChI=1S/C20H29NO3/c1-4-14-5-11-17(12-6-14)20(2,3)13-21-18(22)15-7-9-16(10-8-15)19(23)24/h5-6,11-12,15-16H,4,7-10,13H2,1-3H3,(H,21,22)(H,23,24). The third-order valence-corrected chi connectivity index (χ3v) is 5.30. The number of carbonyl (C=O) groups excluding carboxylic acids is 1. The van der Waals surface area contributed by atoms with Crippen molar-refractivity contribution in [1.82, 2.24) is 5.32 Å². The van der Waals surface area contributed by atoms with E-state index in [-0.39, 0.29) is 23.2 Å². The van der Waals surface area contributed by atoms with Gasteiger partial charge in [-0.05, 0) is 43.2 Å². The van der Waals surface area contributed by atoms with E-state index in [1.54, 1.807) is 0 Å². The molecule has 1 saturated carbocycles. The van der Waals surface area contributed by atoms with Gasteiger partial charge in [0.15, 0.2) is 0 Å². The lowest BCUT2D eigenvalue weighted by Crippen LogP contribution is -2.41. The first-order valence-electron chi connectivity index (χ1n) is 8.93. The van der Waals surface area contributed by atoms with E-state index in [0.717, 1.165) is 6.42 Å². The van der Waals surface area contributed by atoms with Crippen molar-refractivity contribution in [3.8, 4) is 0 Å². The zero-order chi connectivity index (χ0) is 17.7. The Hall–Kier alpha value is -1.84. The molecule has 132 valence electrons. The fourth-order valence-electron chi connectivity index (χ4n) is 3.35. The van der Waals surface area contributed by atoms with Gasteiger partial charge in [0.1, 0.15) is 0 Å². The molecule has 0 aliphatic heterocycles. The summed E-state index contributed by atoms with van der Waals surface area (Å²) in [5, 5.41) is 12.1. The maximum Gasteiger partial charge on any atom is 0.306 e. The second-order valence-corrected chi connectivity index (χ2v) is 7.54. The molecule has 2 N–H and O–H groups in total. The van der Waals surface area contributed by atoms with E-state index >= 15 is 0 Å². The molecule has 4 heteroatoms. The lowest BCUT2D eigenvalue weighted by atomic mass is 9.81. The number of carboxylic acids is 1. The first-order chi connectivity index (χ1) is 11.3. The Labute approximate surface area is 144 Å². The van der Waals surface area contributed by atoms with Crippen molar-refractivity contribution in [2.75, 3.05) is 6.54 Å². The average molecular weight is 331 g/mol. The van der Waals surface area contributed by atoms with Gasteiger partial charge in [-0.3, -0.25) is 9.59 Å². The van der Waals surface area contributed by atoms with Crippen molar-refractivity contribution in [3.63, 3.8) is 0 Å². The molecule has 0 saturated heterocycles. The zero-order valence-corrected chi connectivity index (χ0v) is 15.0. The second kappa shape index (κ2) is 7.82. The van der Waals surface area contributed by atoms with Crippen LogP contribution in [0.4, 0.5) is 0 Å². The number of aliphatic carboxylic acids is 1. The van der Waals surface area contributed by atoms with Crippen LogP contribution in [0, 0.1) is 11.8 Å². The maximum atomic E-state index is 12.4. The van der Waals surface area contributed by atoms with Crippen LogP contribution in [-0.2, 0) is 21.4 Å². The van der Waals surface area contributed by atoms with Gasteiger partial charge < -0.3 is 10.4 Å². The number of aryl methyl sites for hydroxylation is 1. The molecule has 0 unspecified atom stereocenters. The van der Waals surface area contributed by atoms with Crippen molar-refractivity contribution in [2.24, 2.45) is 11.8 Å². The van der Waals surface area contributed by atoms with Crippen LogP contribution in [0.25, 0.3) is 0 Å². The Kier molecular flexibility index (Phi) is 6.03. The highest BCUT2D eigenvalue weighted by molar-refractivity contribution is 5.79. The van der Waals surface area contributed by atoms with Crippen LogP contribution < -0.4 is 5.32 Å². The SMILES string of the molecule is CCc1ccc(C(C)(C)CNC(=O)C2CCC(C(=O)O)CC2)cc1. The Morgan fingerprint density at radius 1 is 1.08 bits per heavy atom. The maximum absolute atomic E-state index is 12.4. The van der Waals surface area contributed by atoms with Crippen molar-refractivity contribution in [2.45, 2.75) is 58.3 Å². The average Bonchev–Trinajstić information content (AvgIpc) is 2.60. The van der Waals surface area contributed by atoms with E-state index in [0.29, 0.717) is 32.2 Å². The van der Waals surface area contributed by atoms with Crippen molar-refractivity contribution < 1.29 is 14.7 Å². The molecule has 2 rings (SSSR count). The van der Waals surface area contributed by atoms with E-state index in [1.807, 2.05) is 0 Å². The van der Waals surface area contributed by atoms with Crippen molar-refractivity contribution >= 4 is 11.9 Å². The van der Waals surface area contributed by atoms with Gasteiger partial charge in [0.25, 0.3) is 0 Å². The summed E-state index contributed by atoms with van der Waals surface area (Å²) < 4.78 is 0. The summed E-state index contributed by atoms with van der Waals surface area (Å²) in [6.45, 7) is 7.00. The van der Waals surface area contributed by atoms with Crippen LogP contribution in [0.3, 0.4) is 0 Å². The Bertz CT molecular complexity index is 569. The van der Waals surface area contributed by atoms with Crippen molar-refractivity contribution in [1.29, 1.82) is 0 Å². The van der Waals surface area contributed by atoms with Crippen LogP contribution in [0.5, 0.6) is 0 Å². The minimum Gasteiger partial charge on any atom is -0.481 e. The van der Waals surface area contributed by atoms with Gasteiger partial charge in [-0.2, -0.15) is 0 Å². The number of carbonyl (C=O) groups is 2. The van der Waals surface area contributed by atoms with Crippen LogP contribution in [0.15, 0.2) is 24.3 Å². The lowest BCUT2D eigenvalue weighted by Gasteiger charge is -2.29. The number of hydrogen-bond donors (Lipinski definition) is 2. The van der Waals surface area contributed by atoms with Gasteiger partial charge in [-0.1, -0.05) is 45.0 Å². The molecule has 24 heavy (non-hydrogen) atoms. The van der Waals surface area contributed by atoms with Gasteiger partial charge in [0.2, 0.25) is 5.91 Å². The minimum atomic E-state index is -0.731. The summed E-state index contributed by atoms with van der Waals surface area (Å²) in [6.07, 6.45) is 3.59. The third-order valence-electron chi connectivity index (χ3n) is 5.30. The van der Waals surface area contributed by atoms with Crippen molar-refractivity contribution in [3.05, 3.63) is 35.4 Å². The van der Waals surface area contributed by atoms with E-state index in [1.165, 1.54) is 11.1 Å². The van der Waals surface area contributed by atoms with E-state index in [9.17, 15) is 9.59 Å². The zero-order valence-electron chi connectivity index (χ0n) is 15.0. The van der Waals surface area contributed by atoms with Gasteiger partial charge in [0, 0.05) is 17.9 Å². The highest BCUT2D eigenvalue weighted by Gasteiger charge is 2.30. The Balaban J connectivity index is 1.87. The Morgan fingerprint density at radius 2 is 1.62 bits per heavy atom. The first kappa shape index (κ1) is 18.5. The topological polar surface area (TPSA) is 66.4 Å². The van der Waals surface area contributed by atoms with Gasteiger partial charge in [0.05, 0.1) is 5.92 Å². The molecule has 1 aromatic rings. The monoisotopic (exact) mass is 331 g/mol. The quantitative estimate of drug-likeness (QED) is 0.838. The molecule has 0 atom stereocenters. The molecule has 1 fully saturated rings. The number of rotatable bonds is 6. The molecule has 0 bridgehead atoms. The highest BCUT2D eigenvalue weighted by Crippen LogP contribution is 2.29. The number of benzene rings is 1. The molecule has 1 amide bonds. The molecule has 0 spiro atoms. The van der Waals surface area contributed by atoms with Crippen LogP contribution in [0.1, 0.15) is 57.6 Å². The van der Waals surface area contributed by atoms with E-state index in [2.05, 4.69) is 50.4 Å². The highest BCUT2D eigenvalue weighted by atomic mass is 16.4.